The number of hydrogen-bond acceptors (Lipinski definition) is 6. The number of azide groups is 2. The molecular weight excluding hydrogens is 282 g/mol. The second-order valence-electron chi connectivity index (χ2n) is 3.60. The van der Waals surface area contributed by atoms with Crippen LogP contribution in [0.2, 0.25) is 0 Å². The lowest BCUT2D eigenvalue weighted by Crippen LogP contribution is -2.48. The van der Waals surface area contributed by atoms with E-state index in [1.54, 1.807) is 0 Å². The summed E-state index contributed by atoms with van der Waals surface area (Å²) in [5.41, 5.74) is 16.2. The Balaban J connectivity index is 0.00000191. The molecule has 0 aromatic carbocycles. The second-order valence-corrected chi connectivity index (χ2v) is 3.60. The van der Waals surface area contributed by atoms with Gasteiger partial charge >= 0.3 is 6.03 Å². The van der Waals surface area contributed by atoms with Gasteiger partial charge in [0.15, 0.2) is 0 Å². The van der Waals surface area contributed by atoms with Crippen molar-refractivity contribution in [3.05, 3.63) is 20.9 Å². The molecule has 0 aliphatic carbocycles. The summed E-state index contributed by atoms with van der Waals surface area (Å²) in [5.74, 6) is 0. The van der Waals surface area contributed by atoms with Gasteiger partial charge < -0.3 is 10.2 Å². The van der Waals surface area contributed by atoms with Crippen molar-refractivity contribution in [1.29, 1.82) is 0 Å². The summed E-state index contributed by atoms with van der Waals surface area (Å²) in [7, 11) is 1.85. The maximum Gasteiger partial charge on any atom is 0.392 e. The van der Waals surface area contributed by atoms with Gasteiger partial charge in [-0.3, -0.25) is 9.88 Å². The third-order valence-electron chi connectivity index (χ3n) is 2.62. The quantitative estimate of drug-likeness (QED) is 0.358. The molecule has 0 aromatic rings. The minimum Gasteiger partial charge on any atom is -0.319 e. The van der Waals surface area contributed by atoms with Crippen LogP contribution in [0.5, 0.6) is 0 Å². The van der Waals surface area contributed by atoms with Gasteiger partial charge in [0.2, 0.25) is 0 Å². The third kappa shape index (κ3) is 6.43. The molecule has 0 saturated carbocycles. The summed E-state index contributed by atoms with van der Waals surface area (Å²) < 4.78 is 0. The van der Waals surface area contributed by atoms with Crippen molar-refractivity contribution in [2.45, 2.75) is 32.7 Å². The summed E-state index contributed by atoms with van der Waals surface area (Å²) >= 11 is 0. The van der Waals surface area contributed by atoms with Gasteiger partial charge in [-0.1, -0.05) is 13.8 Å². The van der Waals surface area contributed by atoms with Crippen LogP contribution in [-0.4, -0.2) is 42.3 Å². The molecule has 1 aliphatic heterocycles. The molecule has 0 radical (unpaired) electrons. The maximum atomic E-state index is 11.9. The van der Waals surface area contributed by atoms with Gasteiger partial charge in [0, 0.05) is 34.2 Å². The van der Waals surface area contributed by atoms with E-state index in [0.29, 0.717) is 19.1 Å². The van der Waals surface area contributed by atoms with Gasteiger partial charge in [0.05, 0.1) is 0 Å². The molecule has 21 heavy (non-hydrogen) atoms. The number of likely N-dealkylation sites (tertiary alicyclic amines) is 1. The fourth-order valence-electron chi connectivity index (χ4n) is 1.66. The average Bonchev–Trinajstić information content (AvgIpc) is 2.56. The topological polar surface area (TPSA) is 152 Å². The predicted molar refractivity (Wildman–Crippen MR) is 72.7 cm³/mol. The number of amides is 2. The zero-order chi connectivity index (χ0) is 16.1. The molecule has 12 nitrogen and oxygen atoms in total. The average molecular weight is 301 g/mol. The van der Waals surface area contributed by atoms with Gasteiger partial charge in [-0.15, -0.1) is 0 Å². The zero-order valence-corrected chi connectivity index (χ0v) is 12.2. The van der Waals surface area contributed by atoms with E-state index in [2.05, 4.69) is 35.6 Å². The first-order valence-corrected chi connectivity index (χ1v) is 6.42. The van der Waals surface area contributed by atoms with Gasteiger partial charge in [-0.25, -0.2) is 4.79 Å². The lowest BCUT2D eigenvalue weighted by Gasteiger charge is -2.32. The highest BCUT2D eigenvalue weighted by Crippen LogP contribution is 2.13. The number of hydrogen-bond donors (Lipinski definition) is 1. The van der Waals surface area contributed by atoms with E-state index < -0.39 is 6.03 Å². The van der Waals surface area contributed by atoms with Crippen LogP contribution in [0.1, 0.15) is 26.7 Å². The van der Waals surface area contributed by atoms with E-state index in [0.717, 1.165) is 12.8 Å². The molecule has 0 atom stereocenters. The molecule has 0 spiro atoms. The van der Waals surface area contributed by atoms with Crippen molar-refractivity contribution < 1.29 is 14.7 Å². The molecular formula is C9H19N9O3. The monoisotopic (exact) mass is 301 g/mol. The van der Waals surface area contributed by atoms with E-state index in [1.807, 2.05) is 20.9 Å². The molecule has 2 amide bonds. The minimum absolute atomic E-state index is 0.221. The Kier molecular flexibility index (Phi) is 9.92. The number of hydroxylamine groups is 2. The van der Waals surface area contributed by atoms with E-state index in [-0.39, 0.29) is 5.23 Å². The molecule has 1 fully saturated rings. The fourth-order valence-corrected chi connectivity index (χ4v) is 1.66. The Morgan fingerprint density at radius 2 is 1.71 bits per heavy atom. The van der Waals surface area contributed by atoms with E-state index in [1.165, 1.54) is 4.90 Å². The molecule has 118 valence electrons. The lowest BCUT2D eigenvalue weighted by molar-refractivity contribution is -0.336. The Morgan fingerprint density at radius 3 is 2.10 bits per heavy atom. The SMILES string of the molecule is CC.CNC1CCN(C(=O)N(ON=[N+]=[N-])ON=[N+]=[N-])CC1. The number of carbonyl (C=O) groups excluding carboxylic acids is 1. The van der Waals surface area contributed by atoms with Crippen LogP contribution in [0.3, 0.4) is 0 Å². The highest BCUT2D eigenvalue weighted by atomic mass is 17.1. The van der Waals surface area contributed by atoms with Crippen molar-refractivity contribution in [2.75, 3.05) is 20.1 Å². The number of carbonyl (C=O) groups is 1. The van der Waals surface area contributed by atoms with Gasteiger partial charge in [0.1, 0.15) is 10.6 Å². The Labute approximate surface area is 121 Å². The predicted octanol–water partition coefficient (Wildman–Crippen LogP) is 2.43. The summed E-state index contributed by atoms with van der Waals surface area (Å²) in [6.45, 7) is 4.94. The first-order chi connectivity index (χ1) is 10.2. The van der Waals surface area contributed by atoms with Crippen LogP contribution in [-0.2, 0) is 9.88 Å². The minimum atomic E-state index is -0.714. The summed E-state index contributed by atoms with van der Waals surface area (Å²) in [4.78, 5) is 26.6. The molecule has 0 unspecified atom stereocenters. The Hall–Kier alpha value is -2.55. The van der Waals surface area contributed by atoms with Gasteiger partial charge in [-0.2, -0.15) is 0 Å². The standard InChI is InChI=1S/C7H13N9O3.C2H6/c1-10-6-2-4-15(5-3-6)7(17)16(18-13-11-8)19-14-12-9;1-2/h6,10H,2-5H2,1H3;1-2H3. The lowest BCUT2D eigenvalue weighted by atomic mass is 10.1. The molecule has 12 heteroatoms. The number of nitrogens with one attached hydrogen (secondary N) is 1. The van der Waals surface area contributed by atoms with Crippen molar-refractivity contribution in [3.8, 4) is 0 Å². The number of piperidine rings is 1. The third-order valence-corrected chi connectivity index (χ3v) is 2.62. The molecule has 1 aliphatic rings. The first-order valence-electron chi connectivity index (χ1n) is 6.42. The molecule has 1 N–H and O–H groups in total. The normalized spacial score (nSPS) is 13.8. The summed E-state index contributed by atoms with van der Waals surface area (Å²) in [5, 5.41) is 8.76. The molecule has 1 rings (SSSR count). The van der Waals surface area contributed by atoms with Crippen LogP contribution in [0.25, 0.3) is 20.9 Å². The summed E-state index contributed by atoms with van der Waals surface area (Å²) in [6, 6.07) is -0.372. The van der Waals surface area contributed by atoms with Crippen molar-refractivity contribution in [3.63, 3.8) is 0 Å². The molecule has 0 bridgehead atoms. The Morgan fingerprint density at radius 1 is 1.24 bits per heavy atom. The smallest absolute Gasteiger partial charge is 0.319 e. The number of nitrogens with zero attached hydrogens (tertiary/aromatic N) is 8. The fraction of sp³-hybridized carbons (Fsp3) is 0.889. The van der Waals surface area contributed by atoms with Crippen molar-refractivity contribution >= 4 is 6.03 Å². The maximum absolute atomic E-state index is 11.9. The van der Waals surface area contributed by atoms with Crippen molar-refractivity contribution in [2.24, 2.45) is 10.6 Å². The largest absolute Gasteiger partial charge is 0.392 e. The summed E-state index contributed by atoms with van der Waals surface area (Å²) in [6.07, 6.45) is 1.53. The number of rotatable bonds is 5. The van der Waals surface area contributed by atoms with Crippen LogP contribution >= 0.6 is 0 Å². The Bertz CT molecular complexity index is 377. The highest BCUT2D eigenvalue weighted by Gasteiger charge is 2.28. The van der Waals surface area contributed by atoms with E-state index in [9.17, 15) is 4.79 Å². The van der Waals surface area contributed by atoms with Crippen LogP contribution in [0.15, 0.2) is 10.6 Å². The van der Waals surface area contributed by atoms with Crippen molar-refractivity contribution in [1.82, 2.24) is 15.4 Å². The second kappa shape index (κ2) is 11.3. The molecule has 0 aromatic heterocycles. The van der Waals surface area contributed by atoms with Crippen LogP contribution in [0.4, 0.5) is 4.79 Å². The number of urea groups is 1. The molecule has 1 heterocycles. The first kappa shape index (κ1) is 18.4. The van der Waals surface area contributed by atoms with Gasteiger partial charge in [-0.05, 0) is 31.0 Å². The highest BCUT2D eigenvalue weighted by molar-refractivity contribution is 5.72. The van der Waals surface area contributed by atoms with Gasteiger partial charge in [0.25, 0.3) is 0 Å². The molecule has 1 saturated heterocycles. The van der Waals surface area contributed by atoms with Crippen LogP contribution < -0.4 is 5.32 Å². The van der Waals surface area contributed by atoms with E-state index >= 15 is 0 Å². The van der Waals surface area contributed by atoms with Crippen LogP contribution in [0, 0.1) is 0 Å². The van der Waals surface area contributed by atoms with E-state index in [4.69, 9.17) is 11.1 Å². The zero-order valence-electron chi connectivity index (χ0n) is 12.2.